The summed E-state index contributed by atoms with van der Waals surface area (Å²) >= 11 is 2.06. The van der Waals surface area contributed by atoms with Crippen molar-refractivity contribution in [1.29, 1.82) is 0 Å². The second kappa shape index (κ2) is 7.76. The van der Waals surface area contributed by atoms with Gasteiger partial charge < -0.3 is 10.1 Å². The van der Waals surface area contributed by atoms with Crippen LogP contribution in [0.15, 0.2) is 0 Å². The molecule has 1 heterocycles. The lowest BCUT2D eigenvalue weighted by Gasteiger charge is -2.37. The van der Waals surface area contributed by atoms with Crippen LogP contribution in [0.1, 0.15) is 58.3 Å². The predicted molar refractivity (Wildman–Crippen MR) is 80.4 cm³/mol. The maximum atomic E-state index is 5.85. The van der Waals surface area contributed by atoms with Gasteiger partial charge in [0.15, 0.2) is 0 Å². The average molecular weight is 271 g/mol. The van der Waals surface area contributed by atoms with Crippen molar-refractivity contribution in [3.8, 4) is 0 Å². The second-order valence-electron chi connectivity index (χ2n) is 5.83. The first kappa shape index (κ1) is 14.7. The molecule has 1 saturated heterocycles. The molecule has 18 heavy (non-hydrogen) atoms. The molecule has 3 heteroatoms. The van der Waals surface area contributed by atoms with Crippen LogP contribution in [-0.4, -0.2) is 36.3 Å². The summed E-state index contributed by atoms with van der Waals surface area (Å²) < 4.78 is 5.85. The van der Waals surface area contributed by atoms with Crippen LogP contribution >= 0.6 is 11.8 Å². The third-order valence-electron chi connectivity index (χ3n) is 4.43. The van der Waals surface area contributed by atoms with E-state index >= 15 is 0 Å². The van der Waals surface area contributed by atoms with Crippen molar-refractivity contribution < 1.29 is 4.74 Å². The van der Waals surface area contributed by atoms with Gasteiger partial charge in [-0.15, -0.1) is 0 Å². The zero-order valence-electron chi connectivity index (χ0n) is 12.0. The molecule has 0 bridgehead atoms. The highest BCUT2D eigenvalue weighted by Crippen LogP contribution is 2.28. The van der Waals surface area contributed by atoms with E-state index in [4.69, 9.17) is 4.74 Å². The van der Waals surface area contributed by atoms with Crippen LogP contribution < -0.4 is 5.32 Å². The molecular weight excluding hydrogens is 242 g/mol. The Kier molecular flexibility index (Phi) is 6.33. The van der Waals surface area contributed by atoms with Crippen LogP contribution in [0.3, 0.4) is 0 Å². The molecule has 0 aromatic carbocycles. The monoisotopic (exact) mass is 271 g/mol. The van der Waals surface area contributed by atoms with Gasteiger partial charge >= 0.3 is 0 Å². The van der Waals surface area contributed by atoms with Crippen molar-refractivity contribution in [2.75, 3.05) is 12.9 Å². The molecule has 2 aliphatic rings. The zero-order valence-corrected chi connectivity index (χ0v) is 12.8. The molecule has 2 fully saturated rings. The Morgan fingerprint density at radius 2 is 2.06 bits per heavy atom. The van der Waals surface area contributed by atoms with Gasteiger partial charge in [-0.05, 0) is 38.4 Å². The van der Waals surface area contributed by atoms with Gasteiger partial charge in [0.2, 0.25) is 0 Å². The van der Waals surface area contributed by atoms with E-state index in [0.29, 0.717) is 12.1 Å². The zero-order chi connectivity index (χ0) is 12.8. The number of thioether (sulfide) groups is 1. The van der Waals surface area contributed by atoms with Gasteiger partial charge in [-0.25, -0.2) is 0 Å². The van der Waals surface area contributed by atoms with Crippen LogP contribution in [0.5, 0.6) is 0 Å². The SMILES string of the molecule is CCCC1CC(NC2CCCCC2SC)CCO1. The molecule has 4 unspecified atom stereocenters. The highest BCUT2D eigenvalue weighted by Gasteiger charge is 2.29. The summed E-state index contributed by atoms with van der Waals surface area (Å²) in [6.07, 6.45) is 13.3. The Bertz CT molecular complexity index is 235. The molecule has 2 nitrogen and oxygen atoms in total. The van der Waals surface area contributed by atoms with Crippen LogP contribution in [0.25, 0.3) is 0 Å². The van der Waals surface area contributed by atoms with E-state index in [2.05, 4.69) is 30.3 Å². The largest absolute Gasteiger partial charge is 0.378 e. The van der Waals surface area contributed by atoms with E-state index < -0.39 is 0 Å². The van der Waals surface area contributed by atoms with Crippen LogP contribution in [0.4, 0.5) is 0 Å². The fraction of sp³-hybridized carbons (Fsp3) is 1.00. The van der Waals surface area contributed by atoms with Crippen molar-refractivity contribution in [1.82, 2.24) is 5.32 Å². The third kappa shape index (κ3) is 4.14. The van der Waals surface area contributed by atoms with E-state index in [1.54, 1.807) is 0 Å². The van der Waals surface area contributed by atoms with Crippen molar-refractivity contribution >= 4 is 11.8 Å². The first-order chi connectivity index (χ1) is 8.83. The summed E-state index contributed by atoms with van der Waals surface area (Å²) in [6.45, 7) is 3.21. The lowest BCUT2D eigenvalue weighted by atomic mass is 9.92. The fourth-order valence-corrected chi connectivity index (χ4v) is 4.37. The first-order valence-corrected chi connectivity index (χ1v) is 9.02. The molecule has 0 amide bonds. The number of ether oxygens (including phenoxy) is 1. The minimum Gasteiger partial charge on any atom is -0.378 e. The average Bonchev–Trinajstić information content (AvgIpc) is 2.40. The van der Waals surface area contributed by atoms with Crippen LogP contribution in [0.2, 0.25) is 0 Å². The Morgan fingerprint density at radius 3 is 2.83 bits per heavy atom. The van der Waals surface area contributed by atoms with Crippen molar-refractivity contribution in [3.05, 3.63) is 0 Å². The van der Waals surface area contributed by atoms with E-state index in [0.717, 1.165) is 17.9 Å². The lowest BCUT2D eigenvalue weighted by molar-refractivity contribution is -0.00558. The van der Waals surface area contributed by atoms with E-state index in [9.17, 15) is 0 Å². The Morgan fingerprint density at radius 1 is 1.22 bits per heavy atom. The summed E-state index contributed by atoms with van der Waals surface area (Å²) in [5, 5.41) is 4.79. The highest BCUT2D eigenvalue weighted by molar-refractivity contribution is 7.99. The summed E-state index contributed by atoms with van der Waals surface area (Å²) in [7, 11) is 0. The normalized spacial score (nSPS) is 37.7. The van der Waals surface area contributed by atoms with Gasteiger partial charge in [-0.2, -0.15) is 11.8 Å². The molecule has 0 radical (unpaired) electrons. The predicted octanol–water partition coefficient (Wildman–Crippen LogP) is 3.60. The van der Waals surface area contributed by atoms with Crippen LogP contribution in [0, 0.1) is 0 Å². The topological polar surface area (TPSA) is 21.3 Å². The number of hydrogen-bond acceptors (Lipinski definition) is 3. The Balaban J connectivity index is 1.80. The molecule has 106 valence electrons. The minimum atomic E-state index is 0.512. The number of nitrogens with one attached hydrogen (secondary N) is 1. The van der Waals surface area contributed by atoms with Crippen molar-refractivity contribution in [2.24, 2.45) is 0 Å². The lowest BCUT2D eigenvalue weighted by Crippen LogP contribution is -2.49. The minimum absolute atomic E-state index is 0.512. The molecule has 0 spiro atoms. The van der Waals surface area contributed by atoms with Gasteiger partial charge in [-0.1, -0.05) is 26.2 Å². The molecular formula is C15H29NOS. The third-order valence-corrected chi connectivity index (χ3v) is 5.60. The van der Waals surface area contributed by atoms with E-state index in [1.807, 2.05) is 0 Å². The van der Waals surface area contributed by atoms with Gasteiger partial charge in [0, 0.05) is 23.9 Å². The molecule has 1 N–H and O–H groups in total. The Labute approximate surface area is 117 Å². The van der Waals surface area contributed by atoms with Crippen molar-refractivity contribution in [2.45, 2.75) is 81.7 Å². The second-order valence-corrected chi connectivity index (χ2v) is 6.91. The maximum absolute atomic E-state index is 5.85. The summed E-state index contributed by atoms with van der Waals surface area (Å²) in [4.78, 5) is 0. The summed E-state index contributed by atoms with van der Waals surface area (Å²) in [5.41, 5.74) is 0. The Hall–Kier alpha value is 0.270. The number of hydrogen-bond donors (Lipinski definition) is 1. The highest BCUT2D eigenvalue weighted by atomic mass is 32.2. The first-order valence-electron chi connectivity index (χ1n) is 7.74. The van der Waals surface area contributed by atoms with Gasteiger partial charge in [0.25, 0.3) is 0 Å². The van der Waals surface area contributed by atoms with E-state index in [-0.39, 0.29) is 0 Å². The molecule has 0 aromatic heterocycles. The van der Waals surface area contributed by atoms with Crippen LogP contribution in [-0.2, 0) is 4.74 Å². The van der Waals surface area contributed by atoms with E-state index in [1.165, 1.54) is 51.4 Å². The van der Waals surface area contributed by atoms with Gasteiger partial charge in [0.05, 0.1) is 6.10 Å². The quantitative estimate of drug-likeness (QED) is 0.825. The molecule has 1 aliphatic carbocycles. The number of rotatable bonds is 5. The summed E-state index contributed by atoms with van der Waals surface area (Å²) in [5.74, 6) is 0. The smallest absolute Gasteiger partial charge is 0.0589 e. The van der Waals surface area contributed by atoms with Gasteiger partial charge in [0.1, 0.15) is 0 Å². The molecule has 2 rings (SSSR count). The molecule has 0 aromatic rings. The fourth-order valence-electron chi connectivity index (χ4n) is 3.43. The molecule has 1 saturated carbocycles. The molecule has 1 aliphatic heterocycles. The van der Waals surface area contributed by atoms with Gasteiger partial charge in [-0.3, -0.25) is 0 Å². The standard InChI is InChI=1S/C15H29NOS/c1-3-6-13-11-12(9-10-17-13)16-14-7-4-5-8-15(14)18-2/h12-16H,3-11H2,1-2H3. The maximum Gasteiger partial charge on any atom is 0.0589 e. The van der Waals surface area contributed by atoms with Crippen molar-refractivity contribution in [3.63, 3.8) is 0 Å². The molecule has 4 atom stereocenters. The summed E-state index contributed by atoms with van der Waals surface area (Å²) in [6, 6.07) is 1.45.